The summed E-state index contributed by atoms with van der Waals surface area (Å²) in [6.07, 6.45) is -5.07. The predicted molar refractivity (Wildman–Crippen MR) is 60.8 cm³/mol. The summed E-state index contributed by atoms with van der Waals surface area (Å²) in [4.78, 5) is 10.5. The van der Waals surface area contributed by atoms with Gasteiger partial charge >= 0.3 is 6.18 Å². The van der Waals surface area contributed by atoms with Crippen molar-refractivity contribution in [3.05, 3.63) is 23.5 Å². The molecule has 1 rings (SSSR count). The third-order valence-corrected chi connectivity index (χ3v) is 2.06. The minimum atomic E-state index is -5.05. The van der Waals surface area contributed by atoms with Crippen LogP contribution in [0.5, 0.6) is 5.75 Å². The Kier molecular flexibility index (Phi) is 4.63. The van der Waals surface area contributed by atoms with Crippen LogP contribution in [-0.4, -0.2) is 25.3 Å². The molecule has 106 valence electrons. The zero-order chi connectivity index (χ0) is 15.3. The van der Waals surface area contributed by atoms with Gasteiger partial charge in [-0.25, -0.2) is 4.39 Å². The third kappa shape index (κ3) is 3.68. The number of hydrogen-bond donors (Lipinski definition) is 1. The number of nitrogens with one attached hydrogen (secondary N) is 1. The van der Waals surface area contributed by atoms with E-state index in [1.807, 2.05) is 5.43 Å². The highest BCUT2D eigenvalue weighted by Gasteiger charge is 2.36. The fourth-order valence-corrected chi connectivity index (χ4v) is 1.13. The molecule has 5 nitrogen and oxygen atoms in total. The number of carbonyl (C=O) groups excluding carboxylic acids is 1. The second-order valence-corrected chi connectivity index (χ2v) is 3.38. The van der Waals surface area contributed by atoms with Crippen molar-refractivity contribution in [1.29, 1.82) is 5.26 Å². The molecular formula is C11H7F4N3O2. The second-order valence-electron chi connectivity index (χ2n) is 3.38. The van der Waals surface area contributed by atoms with Crippen LogP contribution in [0.25, 0.3) is 0 Å². The monoisotopic (exact) mass is 289 g/mol. The van der Waals surface area contributed by atoms with Crippen molar-refractivity contribution in [2.75, 3.05) is 12.5 Å². The first-order valence-electron chi connectivity index (χ1n) is 4.97. The number of hydrazone groups is 1. The molecule has 0 amide bonds. The molecule has 0 aliphatic rings. The van der Waals surface area contributed by atoms with Crippen LogP contribution in [-0.2, 0) is 4.79 Å². The molecule has 0 aromatic heterocycles. The van der Waals surface area contributed by atoms with E-state index in [0.29, 0.717) is 0 Å². The molecule has 0 saturated carbocycles. The van der Waals surface area contributed by atoms with Gasteiger partial charge in [0.15, 0.2) is 0 Å². The van der Waals surface area contributed by atoms with Crippen molar-refractivity contribution in [1.82, 2.24) is 0 Å². The van der Waals surface area contributed by atoms with Crippen molar-refractivity contribution >= 4 is 17.7 Å². The number of nitriles is 1. The maximum absolute atomic E-state index is 13.5. The molecule has 0 saturated heterocycles. The Morgan fingerprint density at radius 1 is 1.50 bits per heavy atom. The molecule has 0 radical (unpaired) electrons. The minimum Gasteiger partial charge on any atom is -0.495 e. The Morgan fingerprint density at radius 3 is 2.65 bits per heavy atom. The molecule has 0 aliphatic carbocycles. The molecule has 0 bridgehead atoms. The number of halogens is 4. The van der Waals surface area contributed by atoms with Gasteiger partial charge < -0.3 is 4.74 Å². The third-order valence-electron chi connectivity index (χ3n) is 2.06. The number of benzene rings is 1. The van der Waals surface area contributed by atoms with Crippen LogP contribution < -0.4 is 10.2 Å². The highest BCUT2D eigenvalue weighted by Crippen LogP contribution is 2.25. The smallest absolute Gasteiger partial charge is 0.455 e. The number of ether oxygens (including phenoxy) is 1. The van der Waals surface area contributed by atoms with Crippen LogP contribution in [0.2, 0.25) is 0 Å². The summed E-state index contributed by atoms with van der Waals surface area (Å²) in [6, 6.07) is 3.53. The lowest BCUT2D eigenvalue weighted by Crippen LogP contribution is -2.24. The summed E-state index contributed by atoms with van der Waals surface area (Å²) in [7, 11) is 1.23. The molecule has 0 unspecified atom stereocenters. The first-order valence-corrected chi connectivity index (χ1v) is 4.97. The molecule has 0 heterocycles. The van der Waals surface area contributed by atoms with Gasteiger partial charge in [-0.3, -0.25) is 10.2 Å². The maximum Gasteiger partial charge on any atom is 0.455 e. The number of alkyl halides is 3. The first kappa shape index (κ1) is 15.4. The van der Waals surface area contributed by atoms with Gasteiger partial charge in [-0.15, -0.1) is 0 Å². The SMILES string of the molecule is COc1cc(NN=CC(=O)C(F)(F)F)c(F)cc1C#N. The molecule has 0 fully saturated rings. The number of rotatable bonds is 4. The quantitative estimate of drug-likeness (QED) is 0.524. The molecule has 20 heavy (non-hydrogen) atoms. The standard InChI is InChI=1S/C11H7F4N3O2/c1-20-9-3-8(7(12)2-6(9)4-16)18-17-5-10(19)11(13,14)15/h2-3,5,18H,1H3. The Morgan fingerprint density at radius 2 is 2.15 bits per heavy atom. The number of nitrogens with zero attached hydrogens (tertiary/aromatic N) is 2. The van der Waals surface area contributed by atoms with Gasteiger partial charge in [0.25, 0.3) is 5.78 Å². The molecule has 1 aromatic carbocycles. The van der Waals surface area contributed by atoms with E-state index in [2.05, 4.69) is 5.10 Å². The van der Waals surface area contributed by atoms with E-state index in [4.69, 9.17) is 10.00 Å². The van der Waals surface area contributed by atoms with E-state index >= 15 is 0 Å². The van der Waals surface area contributed by atoms with E-state index in [-0.39, 0.29) is 23.2 Å². The Labute approximate surface area is 110 Å². The van der Waals surface area contributed by atoms with Gasteiger partial charge in [-0.05, 0) is 6.07 Å². The summed E-state index contributed by atoms with van der Waals surface area (Å²) < 4.78 is 53.9. The Hall–Kier alpha value is -2.63. The molecule has 1 N–H and O–H groups in total. The van der Waals surface area contributed by atoms with Crippen LogP contribution in [0, 0.1) is 17.1 Å². The van der Waals surface area contributed by atoms with Crippen molar-refractivity contribution in [2.24, 2.45) is 5.10 Å². The van der Waals surface area contributed by atoms with Crippen LogP contribution in [0.4, 0.5) is 23.2 Å². The summed E-state index contributed by atoms with van der Waals surface area (Å²) in [5.41, 5.74) is 1.49. The largest absolute Gasteiger partial charge is 0.495 e. The fourth-order valence-electron chi connectivity index (χ4n) is 1.13. The average molecular weight is 289 g/mol. The van der Waals surface area contributed by atoms with Crippen molar-refractivity contribution < 1.29 is 27.1 Å². The number of ketones is 1. The van der Waals surface area contributed by atoms with Gasteiger partial charge in [0, 0.05) is 6.07 Å². The normalized spacial score (nSPS) is 11.2. The van der Waals surface area contributed by atoms with Gasteiger partial charge in [0.1, 0.15) is 17.6 Å². The zero-order valence-corrected chi connectivity index (χ0v) is 9.95. The molecule has 9 heteroatoms. The van der Waals surface area contributed by atoms with Crippen molar-refractivity contribution in [3.8, 4) is 11.8 Å². The van der Waals surface area contributed by atoms with E-state index in [9.17, 15) is 22.4 Å². The van der Waals surface area contributed by atoms with Gasteiger partial charge in [0.05, 0.1) is 24.6 Å². The summed E-state index contributed by atoms with van der Waals surface area (Å²) in [5, 5.41) is 11.7. The minimum absolute atomic E-state index is 0.00810. The van der Waals surface area contributed by atoms with Crippen LogP contribution in [0.15, 0.2) is 17.2 Å². The molecule has 0 aliphatic heterocycles. The lowest BCUT2D eigenvalue weighted by molar-refractivity contribution is -0.162. The summed E-state index contributed by atoms with van der Waals surface area (Å²) >= 11 is 0. The Balaban J connectivity index is 2.92. The number of hydrogen-bond acceptors (Lipinski definition) is 5. The highest BCUT2D eigenvalue weighted by atomic mass is 19.4. The highest BCUT2D eigenvalue weighted by molar-refractivity contribution is 6.30. The van der Waals surface area contributed by atoms with Crippen LogP contribution >= 0.6 is 0 Å². The lowest BCUT2D eigenvalue weighted by atomic mass is 10.2. The summed E-state index contributed by atoms with van der Waals surface area (Å²) in [6.45, 7) is 0. The number of anilines is 1. The van der Waals surface area contributed by atoms with Crippen LogP contribution in [0.1, 0.15) is 5.56 Å². The van der Waals surface area contributed by atoms with E-state index < -0.39 is 17.8 Å². The van der Waals surface area contributed by atoms with Crippen molar-refractivity contribution in [2.45, 2.75) is 6.18 Å². The van der Waals surface area contributed by atoms with E-state index in [1.165, 1.54) is 7.11 Å². The molecule has 0 atom stereocenters. The summed E-state index contributed by atoms with van der Waals surface area (Å²) in [5.74, 6) is -3.11. The average Bonchev–Trinajstić information content (AvgIpc) is 2.38. The number of methoxy groups -OCH3 is 1. The van der Waals surface area contributed by atoms with Gasteiger partial charge in [-0.2, -0.15) is 23.5 Å². The van der Waals surface area contributed by atoms with Crippen LogP contribution in [0.3, 0.4) is 0 Å². The molecular weight excluding hydrogens is 282 g/mol. The topological polar surface area (TPSA) is 74.5 Å². The maximum atomic E-state index is 13.5. The van der Waals surface area contributed by atoms with Crippen molar-refractivity contribution in [3.63, 3.8) is 0 Å². The lowest BCUT2D eigenvalue weighted by Gasteiger charge is -2.07. The molecule has 1 aromatic rings. The van der Waals surface area contributed by atoms with Gasteiger partial charge in [0.2, 0.25) is 0 Å². The fraction of sp³-hybridized carbons (Fsp3) is 0.182. The van der Waals surface area contributed by atoms with E-state index in [0.717, 1.165) is 12.1 Å². The predicted octanol–water partition coefficient (Wildman–Crippen LogP) is 2.24. The second kappa shape index (κ2) is 6.01. The Bertz CT molecular complexity index is 591. The van der Waals surface area contributed by atoms with E-state index in [1.54, 1.807) is 6.07 Å². The number of carbonyl (C=O) groups is 1. The number of Topliss-reactive ketones (excluding diaryl/α,β-unsaturated/α-hetero) is 1. The molecule has 0 spiro atoms. The first-order chi connectivity index (χ1) is 9.29. The zero-order valence-electron chi connectivity index (χ0n) is 9.95. The van der Waals surface area contributed by atoms with Gasteiger partial charge in [-0.1, -0.05) is 0 Å².